The Hall–Kier alpha value is -1.52. The lowest BCUT2D eigenvalue weighted by Gasteiger charge is -2.29. The standard InChI is InChI=1S/C14H12ClNO2S/c1-14(2)12-10(18-13(17)16-14)7-11(19-12)8-4-3-5-9(15)6-8/h3-7H,1-2H3,(H,16,17). The molecule has 2 aromatic rings. The highest BCUT2D eigenvalue weighted by Crippen LogP contribution is 2.44. The van der Waals surface area contributed by atoms with E-state index in [4.69, 9.17) is 16.3 Å². The Kier molecular flexibility index (Phi) is 2.80. The van der Waals surface area contributed by atoms with Crippen molar-refractivity contribution < 1.29 is 9.53 Å². The molecule has 0 fully saturated rings. The zero-order valence-corrected chi connectivity index (χ0v) is 12.1. The number of hydrogen-bond donors (Lipinski definition) is 1. The predicted octanol–water partition coefficient (Wildman–Crippen LogP) is 4.41. The van der Waals surface area contributed by atoms with Crippen LogP contribution in [0.4, 0.5) is 4.79 Å². The van der Waals surface area contributed by atoms with Crippen LogP contribution in [0.25, 0.3) is 10.4 Å². The summed E-state index contributed by atoms with van der Waals surface area (Å²) in [6, 6.07) is 9.54. The second-order valence-corrected chi connectivity index (χ2v) is 6.44. The number of halogens is 1. The summed E-state index contributed by atoms with van der Waals surface area (Å²) in [5, 5.41) is 3.50. The molecule has 1 aromatic heterocycles. The average molecular weight is 294 g/mol. The van der Waals surface area contributed by atoms with Gasteiger partial charge in [0, 0.05) is 16.0 Å². The fraction of sp³-hybridized carbons (Fsp3) is 0.214. The molecular weight excluding hydrogens is 282 g/mol. The van der Waals surface area contributed by atoms with Gasteiger partial charge in [0.25, 0.3) is 0 Å². The molecule has 2 heterocycles. The molecule has 1 aromatic carbocycles. The molecule has 0 unspecified atom stereocenters. The van der Waals surface area contributed by atoms with Gasteiger partial charge in [0.15, 0.2) is 0 Å². The van der Waals surface area contributed by atoms with E-state index in [-0.39, 0.29) is 0 Å². The lowest BCUT2D eigenvalue weighted by molar-refractivity contribution is 0.178. The topological polar surface area (TPSA) is 38.3 Å². The third-order valence-corrected chi connectivity index (χ3v) is 4.72. The van der Waals surface area contributed by atoms with E-state index in [2.05, 4.69) is 5.32 Å². The zero-order valence-electron chi connectivity index (χ0n) is 10.5. The molecule has 1 aliphatic rings. The van der Waals surface area contributed by atoms with Crippen LogP contribution in [0.1, 0.15) is 18.7 Å². The Morgan fingerprint density at radius 1 is 1.32 bits per heavy atom. The maximum absolute atomic E-state index is 11.5. The van der Waals surface area contributed by atoms with Crippen molar-refractivity contribution >= 4 is 29.0 Å². The molecule has 1 N–H and O–H groups in total. The summed E-state index contributed by atoms with van der Waals surface area (Å²) in [4.78, 5) is 13.5. The first kappa shape index (κ1) is 12.5. The molecule has 1 aliphatic heterocycles. The molecule has 0 bridgehead atoms. The average Bonchev–Trinajstić information content (AvgIpc) is 2.72. The maximum Gasteiger partial charge on any atom is 0.413 e. The first-order valence-corrected chi connectivity index (χ1v) is 7.05. The summed E-state index contributed by atoms with van der Waals surface area (Å²) in [5.41, 5.74) is 0.616. The molecule has 3 rings (SSSR count). The number of ether oxygens (including phenoxy) is 1. The highest BCUT2D eigenvalue weighted by Gasteiger charge is 2.35. The van der Waals surface area contributed by atoms with Crippen molar-refractivity contribution in [2.75, 3.05) is 0 Å². The van der Waals surface area contributed by atoms with Crippen molar-refractivity contribution in [1.82, 2.24) is 5.32 Å². The van der Waals surface area contributed by atoms with Gasteiger partial charge in [-0.2, -0.15) is 0 Å². The van der Waals surface area contributed by atoms with Gasteiger partial charge in [0.05, 0.1) is 10.4 Å². The van der Waals surface area contributed by atoms with Gasteiger partial charge in [-0.05, 0) is 31.5 Å². The highest BCUT2D eigenvalue weighted by molar-refractivity contribution is 7.16. The fourth-order valence-electron chi connectivity index (χ4n) is 2.11. The van der Waals surface area contributed by atoms with E-state index in [1.807, 2.05) is 44.2 Å². The van der Waals surface area contributed by atoms with Gasteiger partial charge < -0.3 is 10.1 Å². The molecule has 1 amide bonds. The first-order chi connectivity index (χ1) is 8.95. The number of thiophene rings is 1. The highest BCUT2D eigenvalue weighted by atomic mass is 35.5. The minimum Gasteiger partial charge on any atom is -0.409 e. The van der Waals surface area contributed by atoms with Gasteiger partial charge in [0.1, 0.15) is 5.75 Å². The molecule has 0 atom stereocenters. The van der Waals surface area contributed by atoms with E-state index in [9.17, 15) is 4.79 Å². The number of amides is 1. The van der Waals surface area contributed by atoms with Gasteiger partial charge in [0.2, 0.25) is 0 Å². The normalized spacial score (nSPS) is 16.5. The van der Waals surface area contributed by atoms with Gasteiger partial charge in [-0.3, -0.25) is 0 Å². The molecule has 0 aliphatic carbocycles. The van der Waals surface area contributed by atoms with Crippen molar-refractivity contribution in [2.24, 2.45) is 0 Å². The van der Waals surface area contributed by atoms with Crippen LogP contribution >= 0.6 is 22.9 Å². The van der Waals surface area contributed by atoms with E-state index in [1.54, 1.807) is 11.3 Å². The first-order valence-electron chi connectivity index (χ1n) is 5.86. The number of carbonyl (C=O) groups is 1. The van der Waals surface area contributed by atoms with Crippen molar-refractivity contribution in [1.29, 1.82) is 0 Å². The maximum atomic E-state index is 11.5. The van der Waals surface area contributed by atoms with Crippen LogP contribution < -0.4 is 10.1 Å². The molecule has 98 valence electrons. The van der Waals surface area contributed by atoms with Crippen LogP contribution in [-0.4, -0.2) is 6.09 Å². The van der Waals surface area contributed by atoms with E-state index >= 15 is 0 Å². The van der Waals surface area contributed by atoms with Crippen molar-refractivity contribution in [3.8, 4) is 16.2 Å². The van der Waals surface area contributed by atoms with Gasteiger partial charge in [-0.25, -0.2) is 4.79 Å². The second kappa shape index (κ2) is 4.25. The minimum atomic E-state index is -0.411. The Balaban J connectivity index is 2.10. The van der Waals surface area contributed by atoms with E-state index in [0.717, 1.165) is 15.3 Å². The largest absolute Gasteiger partial charge is 0.413 e. The summed E-state index contributed by atoms with van der Waals surface area (Å²) in [6.07, 6.45) is -0.409. The summed E-state index contributed by atoms with van der Waals surface area (Å²) in [7, 11) is 0. The summed E-state index contributed by atoms with van der Waals surface area (Å²) in [5.74, 6) is 0.633. The van der Waals surface area contributed by atoms with E-state index in [1.165, 1.54) is 0 Å². The molecular formula is C14H12ClNO2S. The Morgan fingerprint density at radius 3 is 2.84 bits per heavy atom. The SMILES string of the molecule is CC1(C)NC(=O)Oc2cc(-c3cccc(Cl)c3)sc21. The molecule has 5 heteroatoms. The van der Waals surface area contributed by atoms with Crippen LogP contribution in [0.2, 0.25) is 5.02 Å². The fourth-order valence-corrected chi connectivity index (χ4v) is 3.44. The smallest absolute Gasteiger partial charge is 0.409 e. The quantitative estimate of drug-likeness (QED) is 0.846. The number of hydrogen-bond acceptors (Lipinski definition) is 3. The van der Waals surface area contributed by atoms with E-state index in [0.29, 0.717) is 10.8 Å². The number of fused-ring (bicyclic) bond motifs is 1. The summed E-state index contributed by atoms with van der Waals surface area (Å²) >= 11 is 7.62. The molecule has 0 radical (unpaired) electrons. The van der Waals surface area contributed by atoms with Crippen molar-refractivity contribution in [2.45, 2.75) is 19.4 Å². The molecule has 3 nitrogen and oxygen atoms in total. The van der Waals surface area contributed by atoms with Crippen LogP contribution in [0.15, 0.2) is 30.3 Å². The predicted molar refractivity (Wildman–Crippen MR) is 77.0 cm³/mol. The third-order valence-electron chi connectivity index (χ3n) is 2.99. The van der Waals surface area contributed by atoms with Crippen LogP contribution in [0.3, 0.4) is 0 Å². The van der Waals surface area contributed by atoms with Crippen LogP contribution in [0, 0.1) is 0 Å². The number of benzene rings is 1. The van der Waals surface area contributed by atoms with Crippen molar-refractivity contribution in [3.63, 3.8) is 0 Å². The monoisotopic (exact) mass is 293 g/mol. The number of rotatable bonds is 1. The second-order valence-electron chi connectivity index (χ2n) is 4.95. The molecule has 0 saturated heterocycles. The molecule has 0 saturated carbocycles. The Bertz CT molecular complexity index is 663. The van der Waals surface area contributed by atoms with Gasteiger partial charge in [-0.1, -0.05) is 23.7 Å². The van der Waals surface area contributed by atoms with Crippen molar-refractivity contribution in [3.05, 3.63) is 40.2 Å². The van der Waals surface area contributed by atoms with E-state index < -0.39 is 11.6 Å². The minimum absolute atomic E-state index is 0.409. The van der Waals surface area contributed by atoms with Crippen LogP contribution in [-0.2, 0) is 5.54 Å². The number of nitrogens with one attached hydrogen (secondary N) is 1. The third kappa shape index (κ3) is 2.22. The lowest BCUT2D eigenvalue weighted by Crippen LogP contribution is -2.45. The van der Waals surface area contributed by atoms with Gasteiger partial charge in [-0.15, -0.1) is 11.3 Å². The van der Waals surface area contributed by atoms with Gasteiger partial charge >= 0.3 is 6.09 Å². The summed E-state index contributed by atoms with van der Waals surface area (Å²) in [6.45, 7) is 3.93. The zero-order chi connectivity index (χ0) is 13.6. The Labute approximate surface area is 120 Å². The Morgan fingerprint density at radius 2 is 2.11 bits per heavy atom. The number of carbonyl (C=O) groups excluding carboxylic acids is 1. The van der Waals surface area contributed by atoms with Crippen LogP contribution in [0.5, 0.6) is 5.75 Å². The lowest BCUT2D eigenvalue weighted by atomic mass is 10.0. The molecule has 0 spiro atoms. The molecule has 19 heavy (non-hydrogen) atoms. The summed E-state index contributed by atoms with van der Waals surface area (Å²) < 4.78 is 5.23.